The second kappa shape index (κ2) is 8.54. The van der Waals surface area contributed by atoms with Crippen LogP contribution in [-0.2, 0) is 11.2 Å². The Morgan fingerprint density at radius 1 is 1.00 bits per heavy atom. The number of hydrogen-bond acceptors (Lipinski definition) is 3. The predicted molar refractivity (Wildman–Crippen MR) is 126 cm³/mol. The summed E-state index contributed by atoms with van der Waals surface area (Å²) in [7, 11) is 0. The van der Waals surface area contributed by atoms with E-state index in [9.17, 15) is 9.18 Å². The van der Waals surface area contributed by atoms with Crippen LogP contribution >= 0.6 is 0 Å². The Morgan fingerprint density at radius 2 is 1.72 bits per heavy atom. The highest BCUT2D eigenvalue weighted by atomic mass is 19.1. The second-order valence-corrected chi connectivity index (χ2v) is 8.34. The Kier molecular flexibility index (Phi) is 5.78. The summed E-state index contributed by atoms with van der Waals surface area (Å²) in [4.78, 5) is 17.3. The monoisotopic (exact) mass is 430 g/mol. The lowest BCUT2D eigenvalue weighted by Gasteiger charge is -2.12. The molecular formula is C26H27FN4O. The summed E-state index contributed by atoms with van der Waals surface area (Å²) >= 11 is 0. The standard InChI is InChI=1S/C26H27FN4O/c1-15-6-10-21(11-7-15)31-26-25(19(5)30-31)17(3)22(18(4)28-26)12-13-24(32)29-20-9-8-16(2)23(27)14-20/h6-11,14H,12-13H2,1-5H3,(H,29,32). The fraction of sp³-hybridized carbons (Fsp3) is 0.269. The quantitative estimate of drug-likeness (QED) is 0.444. The number of nitrogens with one attached hydrogen (secondary N) is 1. The van der Waals surface area contributed by atoms with Gasteiger partial charge in [0.05, 0.1) is 11.4 Å². The smallest absolute Gasteiger partial charge is 0.224 e. The molecule has 0 aliphatic carbocycles. The molecule has 0 radical (unpaired) electrons. The number of aromatic nitrogens is 3. The van der Waals surface area contributed by atoms with Gasteiger partial charge >= 0.3 is 0 Å². The van der Waals surface area contributed by atoms with E-state index in [1.165, 1.54) is 11.6 Å². The molecule has 5 nitrogen and oxygen atoms in total. The number of carbonyl (C=O) groups excluding carboxylic acids is 1. The minimum atomic E-state index is -0.329. The molecule has 2 aromatic heterocycles. The lowest BCUT2D eigenvalue weighted by Crippen LogP contribution is -2.13. The fourth-order valence-corrected chi connectivity index (χ4v) is 4.07. The average molecular weight is 431 g/mol. The third-order valence-electron chi connectivity index (χ3n) is 5.91. The molecule has 2 aromatic carbocycles. The van der Waals surface area contributed by atoms with Crippen molar-refractivity contribution < 1.29 is 9.18 Å². The first-order valence-corrected chi connectivity index (χ1v) is 10.7. The van der Waals surface area contributed by atoms with Gasteiger partial charge < -0.3 is 5.32 Å². The molecule has 4 aromatic rings. The molecule has 0 atom stereocenters. The summed E-state index contributed by atoms with van der Waals surface area (Å²) in [6, 6.07) is 12.9. The number of aryl methyl sites for hydroxylation is 5. The summed E-state index contributed by atoms with van der Waals surface area (Å²) in [6.07, 6.45) is 0.839. The van der Waals surface area contributed by atoms with Gasteiger partial charge in [0, 0.05) is 23.2 Å². The molecule has 0 bridgehead atoms. The van der Waals surface area contributed by atoms with Crippen molar-refractivity contribution in [2.75, 3.05) is 5.32 Å². The number of anilines is 1. The Bertz CT molecular complexity index is 1320. The van der Waals surface area contributed by atoms with Crippen LogP contribution in [0.2, 0.25) is 0 Å². The van der Waals surface area contributed by atoms with E-state index in [0.717, 1.165) is 39.2 Å². The summed E-state index contributed by atoms with van der Waals surface area (Å²) in [5, 5.41) is 8.54. The Morgan fingerprint density at radius 3 is 2.41 bits per heavy atom. The van der Waals surface area contributed by atoms with E-state index in [0.29, 0.717) is 17.7 Å². The maximum Gasteiger partial charge on any atom is 0.224 e. The molecular weight excluding hydrogens is 403 g/mol. The molecule has 0 aliphatic rings. The highest BCUT2D eigenvalue weighted by Gasteiger charge is 2.18. The summed E-state index contributed by atoms with van der Waals surface area (Å²) in [5.74, 6) is -0.482. The van der Waals surface area contributed by atoms with Gasteiger partial charge in [-0.3, -0.25) is 4.79 Å². The van der Waals surface area contributed by atoms with Crippen molar-refractivity contribution in [2.24, 2.45) is 0 Å². The number of pyridine rings is 1. The van der Waals surface area contributed by atoms with Crippen LogP contribution in [0.1, 0.15) is 40.1 Å². The van der Waals surface area contributed by atoms with Crippen molar-refractivity contribution in [3.63, 3.8) is 0 Å². The molecule has 164 valence electrons. The number of amides is 1. The zero-order valence-corrected chi connectivity index (χ0v) is 19.1. The molecule has 0 spiro atoms. The zero-order valence-electron chi connectivity index (χ0n) is 19.1. The molecule has 2 heterocycles. The highest BCUT2D eigenvalue weighted by Crippen LogP contribution is 2.28. The Balaban J connectivity index is 1.59. The van der Waals surface area contributed by atoms with Crippen molar-refractivity contribution >= 4 is 22.6 Å². The molecule has 0 saturated heterocycles. The van der Waals surface area contributed by atoms with Crippen LogP contribution in [0, 0.1) is 40.4 Å². The molecule has 32 heavy (non-hydrogen) atoms. The third-order valence-corrected chi connectivity index (χ3v) is 5.91. The van der Waals surface area contributed by atoms with E-state index < -0.39 is 0 Å². The first-order valence-electron chi connectivity index (χ1n) is 10.7. The predicted octanol–water partition coefficient (Wildman–Crippen LogP) is 5.67. The van der Waals surface area contributed by atoms with E-state index in [4.69, 9.17) is 10.1 Å². The van der Waals surface area contributed by atoms with Gasteiger partial charge in [0.15, 0.2) is 5.65 Å². The number of halogens is 1. The Labute approximate surface area is 187 Å². The number of carbonyl (C=O) groups is 1. The van der Waals surface area contributed by atoms with Crippen LogP contribution in [0.15, 0.2) is 42.5 Å². The van der Waals surface area contributed by atoms with E-state index in [1.807, 2.05) is 30.7 Å². The van der Waals surface area contributed by atoms with E-state index in [1.54, 1.807) is 19.1 Å². The summed E-state index contributed by atoms with van der Waals surface area (Å²) in [6.45, 7) is 9.77. The fourth-order valence-electron chi connectivity index (χ4n) is 4.07. The van der Waals surface area contributed by atoms with Crippen molar-refractivity contribution in [1.29, 1.82) is 0 Å². The van der Waals surface area contributed by atoms with Gasteiger partial charge in [-0.15, -0.1) is 0 Å². The Hall–Kier alpha value is -3.54. The normalized spacial score (nSPS) is 11.2. The van der Waals surface area contributed by atoms with Crippen LogP contribution in [0.5, 0.6) is 0 Å². The first-order chi connectivity index (χ1) is 15.2. The molecule has 0 fully saturated rings. The largest absolute Gasteiger partial charge is 0.326 e. The maximum absolute atomic E-state index is 13.7. The van der Waals surface area contributed by atoms with Gasteiger partial charge in [-0.25, -0.2) is 14.1 Å². The third kappa shape index (κ3) is 4.13. The molecule has 0 aliphatic heterocycles. The molecule has 0 saturated carbocycles. The van der Waals surface area contributed by atoms with Crippen molar-refractivity contribution in [3.05, 3.63) is 81.9 Å². The minimum absolute atomic E-state index is 0.153. The number of benzene rings is 2. The lowest BCUT2D eigenvalue weighted by molar-refractivity contribution is -0.116. The molecule has 6 heteroatoms. The average Bonchev–Trinajstić information content (AvgIpc) is 3.07. The first kappa shape index (κ1) is 21.7. The van der Waals surface area contributed by atoms with E-state index >= 15 is 0 Å². The van der Waals surface area contributed by atoms with Crippen LogP contribution in [-0.4, -0.2) is 20.7 Å². The molecule has 4 rings (SSSR count). The van der Waals surface area contributed by atoms with Crippen molar-refractivity contribution in [3.8, 4) is 5.69 Å². The van der Waals surface area contributed by atoms with Crippen LogP contribution in [0.25, 0.3) is 16.7 Å². The van der Waals surface area contributed by atoms with Crippen LogP contribution < -0.4 is 5.32 Å². The molecule has 1 N–H and O–H groups in total. The lowest BCUT2D eigenvalue weighted by atomic mass is 9.99. The number of fused-ring (bicyclic) bond motifs is 1. The zero-order chi connectivity index (χ0) is 23.0. The van der Waals surface area contributed by atoms with Gasteiger partial charge in [0.25, 0.3) is 0 Å². The van der Waals surface area contributed by atoms with E-state index in [-0.39, 0.29) is 18.1 Å². The van der Waals surface area contributed by atoms with Crippen LogP contribution in [0.3, 0.4) is 0 Å². The van der Waals surface area contributed by atoms with Gasteiger partial charge in [-0.1, -0.05) is 23.8 Å². The molecule has 1 amide bonds. The SMILES string of the molecule is Cc1ccc(-n2nc(C)c3c(C)c(CCC(=O)Nc4ccc(C)c(F)c4)c(C)nc32)cc1. The topological polar surface area (TPSA) is 59.8 Å². The van der Waals surface area contributed by atoms with Crippen molar-refractivity contribution in [1.82, 2.24) is 14.8 Å². The van der Waals surface area contributed by atoms with Crippen LogP contribution in [0.4, 0.5) is 10.1 Å². The maximum atomic E-state index is 13.7. The van der Waals surface area contributed by atoms with Gasteiger partial charge in [0.1, 0.15) is 5.82 Å². The highest BCUT2D eigenvalue weighted by molar-refractivity contribution is 5.91. The van der Waals surface area contributed by atoms with Gasteiger partial charge in [-0.2, -0.15) is 5.10 Å². The summed E-state index contributed by atoms with van der Waals surface area (Å²) < 4.78 is 15.6. The van der Waals surface area contributed by atoms with Gasteiger partial charge in [0.2, 0.25) is 5.91 Å². The number of nitrogens with zero attached hydrogens (tertiary/aromatic N) is 3. The minimum Gasteiger partial charge on any atom is -0.326 e. The number of rotatable bonds is 5. The summed E-state index contributed by atoms with van der Waals surface area (Å²) in [5.41, 5.74) is 7.94. The van der Waals surface area contributed by atoms with Gasteiger partial charge in [-0.05, 0) is 82.0 Å². The number of hydrogen-bond donors (Lipinski definition) is 1. The molecule has 0 unspecified atom stereocenters. The van der Waals surface area contributed by atoms with Crippen molar-refractivity contribution in [2.45, 2.75) is 47.5 Å². The van der Waals surface area contributed by atoms with E-state index in [2.05, 4.69) is 31.3 Å². The second-order valence-electron chi connectivity index (χ2n) is 8.34.